The summed E-state index contributed by atoms with van der Waals surface area (Å²) in [4.78, 5) is 2.68. The number of hydrogen-bond acceptors (Lipinski definition) is 2. The first kappa shape index (κ1) is 12.0. The summed E-state index contributed by atoms with van der Waals surface area (Å²) < 4.78 is 0. The van der Waals surface area contributed by atoms with E-state index in [1.165, 1.54) is 25.8 Å². The monoisotopic (exact) mass is 198 g/mol. The van der Waals surface area contributed by atoms with Crippen LogP contribution >= 0.6 is 0 Å². The van der Waals surface area contributed by atoms with Gasteiger partial charge in [-0.25, -0.2) is 0 Å². The second-order valence-electron chi connectivity index (χ2n) is 4.74. The third kappa shape index (κ3) is 2.71. The van der Waals surface area contributed by atoms with Gasteiger partial charge in [-0.3, -0.25) is 4.90 Å². The van der Waals surface area contributed by atoms with E-state index < -0.39 is 0 Å². The highest BCUT2D eigenvalue weighted by molar-refractivity contribution is 4.83. The zero-order valence-corrected chi connectivity index (χ0v) is 10.00. The molecule has 0 aromatic heterocycles. The average molecular weight is 198 g/mol. The van der Waals surface area contributed by atoms with Crippen LogP contribution in [0.2, 0.25) is 0 Å². The molecule has 1 heterocycles. The Labute approximate surface area is 88.8 Å². The minimum atomic E-state index is 0.720. The minimum Gasteiger partial charge on any atom is -0.330 e. The Balaban J connectivity index is 2.54. The van der Waals surface area contributed by atoms with Crippen molar-refractivity contribution in [3.05, 3.63) is 0 Å². The van der Waals surface area contributed by atoms with Crippen LogP contribution in [0.4, 0.5) is 0 Å². The van der Waals surface area contributed by atoms with Crippen LogP contribution < -0.4 is 5.73 Å². The zero-order valence-electron chi connectivity index (χ0n) is 10.00. The van der Waals surface area contributed by atoms with Gasteiger partial charge in [-0.2, -0.15) is 0 Å². The molecule has 0 aliphatic carbocycles. The molecule has 2 nitrogen and oxygen atoms in total. The van der Waals surface area contributed by atoms with Crippen LogP contribution in [-0.2, 0) is 0 Å². The third-order valence-electron chi connectivity index (χ3n) is 3.86. The normalized spacial score (nSPS) is 31.7. The van der Waals surface area contributed by atoms with Crippen molar-refractivity contribution < 1.29 is 0 Å². The predicted molar refractivity (Wildman–Crippen MR) is 62.3 cm³/mol. The summed E-state index contributed by atoms with van der Waals surface area (Å²) in [5.74, 6) is 0.857. The van der Waals surface area contributed by atoms with E-state index in [0.717, 1.165) is 31.0 Å². The Morgan fingerprint density at radius 2 is 2.14 bits per heavy atom. The minimum absolute atomic E-state index is 0.720. The van der Waals surface area contributed by atoms with Crippen LogP contribution in [0.3, 0.4) is 0 Å². The molecule has 0 spiro atoms. The predicted octanol–water partition coefficient (Wildman–Crippen LogP) is 2.23. The standard InChI is InChI=1S/C12H26N2/c1-4-12(7-8-13)14-9-5-6-10(2)11(14)3/h10-12H,4-9,13H2,1-3H3. The second-order valence-corrected chi connectivity index (χ2v) is 4.74. The molecule has 84 valence electrons. The molecular weight excluding hydrogens is 172 g/mol. The zero-order chi connectivity index (χ0) is 10.6. The molecule has 0 saturated carbocycles. The molecule has 0 aromatic carbocycles. The Kier molecular flexibility index (Phi) is 4.90. The molecule has 2 N–H and O–H groups in total. The van der Waals surface area contributed by atoms with Crippen molar-refractivity contribution in [1.82, 2.24) is 4.90 Å². The van der Waals surface area contributed by atoms with Gasteiger partial charge in [-0.1, -0.05) is 13.8 Å². The van der Waals surface area contributed by atoms with Crippen LogP contribution in [0.5, 0.6) is 0 Å². The molecule has 1 fully saturated rings. The molecule has 3 atom stereocenters. The first-order valence-corrected chi connectivity index (χ1v) is 6.16. The average Bonchev–Trinajstić information content (AvgIpc) is 2.19. The lowest BCUT2D eigenvalue weighted by Gasteiger charge is -2.42. The molecule has 1 aliphatic heterocycles. The Morgan fingerprint density at radius 1 is 1.43 bits per heavy atom. The van der Waals surface area contributed by atoms with Gasteiger partial charge in [-0.05, 0) is 51.6 Å². The van der Waals surface area contributed by atoms with Crippen molar-refractivity contribution in [3.63, 3.8) is 0 Å². The topological polar surface area (TPSA) is 29.3 Å². The molecule has 0 bridgehead atoms. The number of likely N-dealkylation sites (tertiary alicyclic amines) is 1. The van der Waals surface area contributed by atoms with Crippen molar-refractivity contribution in [2.24, 2.45) is 11.7 Å². The van der Waals surface area contributed by atoms with E-state index in [1.54, 1.807) is 0 Å². The second kappa shape index (κ2) is 5.72. The Morgan fingerprint density at radius 3 is 2.71 bits per heavy atom. The van der Waals surface area contributed by atoms with Gasteiger partial charge in [0.15, 0.2) is 0 Å². The van der Waals surface area contributed by atoms with Crippen LogP contribution in [0.15, 0.2) is 0 Å². The van der Waals surface area contributed by atoms with Crippen molar-refractivity contribution in [1.29, 1.82) is 0 Å². The van der Waals surface area contributed by atoms with Gasteiger partial charge in [0.05, 0.1) is 0 Å². The number of nitrogens with zero attached hydrogens (tertiary/aromatic N) is 1. The highest BCUT2D eigenvalue weighted by Gasteiger charge is 2.28. The van der Waals surface area contributed by atoms with Crippen LogP contribution in [0.25, 0.3) is 0 Å². The van der Waals surface area contributed by atoms with E-state index in [4.69, 9.17) is 5.73 Å². The number of piperidine rings is 1. The number of nitrogens with two attached hydrogens (primary N) is 1. The SMILES string of the molecule is CCC(CCN)N1CCCC(C)C1C. The molecule has 2 heteroatoms. The summed E-state index contributed by atoms with van der Waals surface area (Å²) >= 11 is 0. The van der Waals surface area contributed by atoms with Gasteiger partial charge in [0.25, 0.3) is 0 Å². The maximum Gasteiger partial charge on any atom is 0.0108 e. The summed E-state index contributed by atoms with van der Waals surface area (Å²) in [5.41, 5.74) is 5.67. The first-order valence-electron chi connectivity index (χ1n) is 6.16. The van der Waals surface area contributed by atoms with E-state index in [-0.39, 0.29) is 0 Å². The van der Waals surface area contributed by atoms with Gasteiger partial charge in [0, 0.05) is 12.1 Å². The molecule has 1 aliphatic rings. The van der Waals surface area contributed by atoms with Crippen molar-refractivity contribution in [3.8, 4) is 0 Å². The number of rotatable bonds is 4. The van der Waals surface area contributed by atoms with Gasteiger partial charge in [-0.15, -0.1) is 0 Å². The van der Waals surface area contributed by atoms with Crippen LogP contribution in [0.1, 0.15) is 46.5 Å². The summed E-state index contributed by atoms with van der Waals surface area (Å²) in [5, 5.41) is 0. The quantitative estimate of drug-likeness (QED) is 0.750. The molecule has 0 amide bonds. The van der Waals surface area contributed by atoms with Gasteiger partial charge in [0.2, 0.25) is 0 Å². The molecule has 1 saturated heterocycles. The van der Waals surface area contributed by atoms with E-state index in [1.807, 2.05) is 0 Å². The Bertz CT molecular complexity index is 158. The summed E-state index contributed by atoms with van der Waals surface area (Å²) in [6.07, 6.45) is 5.17. The van der Waals surface area contributed by atoms with Crippen molar-refractivity contribution >= 4 is 0 Å². The molecular formula is C12H26N2. The summed E-state index contributed by atoms with van der Waals surface area (Å²) in [7, 11) is 0. The lowest BCUT2D eigenvalue weighted by atomic mass is 9.90. The van der Waals surface area contributed by atoms with Crippen molar-refractivity contribution in [2.45, 2.75) is 58.5 Å². The van der Waals surface area contributed by atoms with Crippen molar-refractivity contribution in [2.75, 3.05) is 13.1 Å². The van der Waals surface area contributed by atoms with Gasteiger partial charge in [0.1, 0.15) is 0 Å². The number of hydrogen-bond donors (Lipinski definition) is 1. The molecule has 0 aromatic rings. The maximum atomic E-state index is 5.67. The molecule has 14 heavy (non-hydrogen) atoms. The third-order valence-corrected chi connectivity index (χ3v) is 3.86. The van der Waals surface area contributed by atoms with E-state index in [9.17, 15) is 0 Å². The highest BCUT2D eigenvalue weighted by atomic mass is 15.2. The largest absolute Gasteiger partial charge is 0.330 e. The van der Waals surface area contributed by atoms with E-state index >= 15 is 0 Å². The summed E-state index contributed by atoms with van der Waals surface area (Å²) in [6, 6.07) is 1.47. The van der Waals surface area contributed by atoms with E-state index in [2.05, 4.69) is 25.7 Å². The molecule has 0 radical (unpaired) electrons. The molecule has 1 rings (SSSR count). The summed E-state index contributed by atoms with van der Waals surface area (Å²) in [6.45, 7) is 9.15. The van der Waals surface area contributed by atoms with Crippen LogP contribution in [0, 0.1) is 5.92 Å². The fraction of sp³-hybridized carbons (Fsp3) is 1.00. The lowest BCUT2D eigenvalue weighted by Crippen LogP contribution is -2.48. The Hall–Kier alpha value is -0.0800. The fourth-order valence-corrected chi connectivity index (χ4v) is 2.68. The first-order chi connectivity index (χ1) is 6.70. The van der Waals surface area contributed by atoms with Gasteiger partial charge >= 0.3 is 0 Å². The fourth-order valence-electron chi connectivity index (χ4n) is 2.68. The lowest BCUT2D eigenvalue weighted by molar-refractivity contribution is 0.0631. The van der Waals surface area contributed by atoms with Gasteiger partial charge < -0.3 is 5.73 Å². The molecule has 3 unspecified atom stereocenters. The maximum absolute atomic E-state index is 5.67. The van der Waals surface area contributed by atoms with E-state index in [0.29, 0.717) is 0 Å². The highest BCUT2D eigenvalue weighted by Crippen LogP contribution is 2.26. The smallest absolute Gasteiger partial charge is 0.0108 e. The van der Waals surface area contributed by atoms with Crippen LogP contribution in [-0.4, -0.2) is 30.1 Å².